The summed E-state index contributed by atoms with van der Waals surface area (Å²) in [5.74, 6) is 0. The van der Waals surface area contributed by atoms with Crippen molar-refractivity contribution in [3.05, 3.63) is 72.1 Å². The number of para-hydroxylation sites is 1. The van der Waals surface area contributed by atoms with E-state index in [9.17, 15) is 0 Å². The highest BCUT2D eigenvalue weighted by Gasteiger charge is 2.26. The van der Waals surface area contributed by atoms with Gasteiger partial charge >= 0.3 is 0 Å². The molecule has 3 heteroatoms. The number of hydrogen-bond donors (Lipinski definition) is 0. The molecule has 0 aliphatic rings. The average Bonchev–Trinajstić information content (AvgIpc) is 3.32. The summed E-state index contributed by atoms with van der Waals surface area (Å²) in [4.78, 5) is 0. The van der Waals surface area contributed by atoms with Crippen LogP contribution >= 0.6 is 0 Å². The monoisotopic (exact) mass is 375 g/mol. The van der Waals surface area contributed by atoms with Crippen molar-refractivity contribution in [2.24, 2.45) is 7.05 Å². The van der Waals surface area contributed by atoms with Crippen LogP contribution in [0.3, 0.4) is 0 Å². The quantitative estimate of drug-likeness (QED) is 0.176. The SMILES string of the molecule is Cc1cc2c3ccccc3n3c2c(c1C)c1c2c(cc[n+]1C)cc1ccoc1c23. The minimum atomic E-state index is 0.955. The number of benzene rings is 3. The zero-order chi connectivity index (χ0) is 19.4. The highest BCUT2D eigenvalue weighted by atomic mass is 16.3. The smallest absolute Gasteiger partial charge is 0.224 e. The van der Waals surface area contributed by atoms with E-state index < -0.39 is 0 Å². The molecule has 3 nitrogen and oxygen atoms in total. The molecule has 0 unspecified atom stereocenters. The van der Waals surface area contributed by atoms with Crippen LogP contribution in [-0.4, -0.2) is 4.40 Å². The zero-order valence-electron chi connectivity index (χ0n) is 16.6. The van der Waals surface area contributed by atoms with Crippen molar-refractivity contribution >= 4 is 60.0 Å². The average molecular weight is 375 g/mol. The van der Waals surface area contributed by atoms with E-state index in [1.807, 2.05) is 0 Å². The van der Waals surface area contributed by atoms with Crippen LogP contribution in [0.2, 0.25) is 0 Å². The van der Waals surface area contributed by atoms with Crippen LogP contribution in [0.25, 0.3) is 60.0 Å². The lowest BCUT2D eigenvalue weighted by Crippen LogP contribution is -2.29. The Balaban J connectivity index is 2.06. The first-order chi connectivity index (χ1) is 14.1. The fourth-order valence-electron chi connectivity index (χ4n) is 5.33. The number of aromatic nitrogens is 2. The Morgan fingerprint density at radius 1 is 0.862 bits per heavy atom. The lowest BCUT2D eigenvalue weighted by atomic mass is 9.96. The molecule has 0 saturated carbocycles. The molecule has 4 aromatic heterocycles. The Kier molecular flexibility index (Phi) is 2.58. The summed E-state index contributed by atoms with van der Waals surface area (Å²) in [5.41, 5.74) is 8.58. The highest BCUT2D eigenvalue weighted by Crippen LogP contribution is 2.43. The predicted octanol–water partition coefficient (Wildman–Crippen LogP) is 6.18. The topological polar surface area (TPSA) is 21.4 Å². The van der Waals surface area contributed by atoms with Gasteiger partial charge in [-0.2, -0.15) is 0 Å². The second kappa shape index (κ2) is 4.87. The number of rotatable bonds is 0. The lowest BCUT2D eigenvalue weighted by molar-refractivity contribution is -0.643. The van der Waals surface area contributed by atoms with Gasteiger partial charge in [0.05, 0.1) is 28.1 Å². The van der Waals surface area contributed by atoms with Gasteiger partial charge in [0.2, 0.25) is 5.52 Å². The van der Waals surface area contributed by atoms with Gasteiger partial charge in [-0.25, -0.2) is 4.57 Å². The molecular weight excluding hydrogens is 356 g/mol. The first-order valence-electron chi connectivity index (χ1n) is 10.0. The predicted molar refractivity (Wildman–Crippen MR) is 119 cm³/mol. The molecule has 0 aliphatic carbocycles. The molecule has 138 valence electrons. The summed E-state index contributed by atoms with van der Waals surface area (Å²) in [5, 5.41) is 7.60. The van der Waals surface area contributed by atoms with Gasteiger partial charge < -0.3 is 8.82 Å². The van der Waals surface area contributed by atoms with Crippen LogP contribution in [0.5, 0.6) is 0 Å². The number of pyridine rings is 2. The van der Waals surface area contributed by atoms with Crippen LogP contribution in [0.1, 0.15) is 11.1 Å². The largest absolute Gasteiger partial charge is 0.462 e. The Labute approximate surface area is 166 Å². The zero-order valence-corrected chi connectivity index (χ0v) is 16.6. The molecule has 4 heterocycles. The molecular formula is C26H19N2O+. The molecule has 0 radical (unpaired) electrons. The third kappa shape index (κ3) is 1.64. The molecule has 3 aromatic carbocycles. The maximum Gasteiger partial charge on any atom is 0.224 e. The van der Waals surface area contributed by atoms with E-state index in [0.717, 1.165) is 16.5 Å². The van der Waals surface area contributed by atoms with Crippen molar-refractivity contribution in [3.63, 3.8) is 0 Å². The molecule has 0 aliphatic heterocycles. The summed E-state index contributed by atoms with van der Waals surface area (Å²) in [7, 11) is 2.15. The molecule has 0 spiro atoms. The third-order valence-electron chi connectivity index (χ3n) is 6.75. The van der Waals surface area contributed by atoms with Gasteiger partial charge in [-0.05, 0) is 54.6 Å². The maximum absolute atomic E-state index is 6.07. The molecule has 0 atom stereocenters. The lowest BCUT2D eigenvalue weighted by Gasteiger charge is -2.14. The Morgan fingerprint density at radius 2 is 1.72 bits per heavy atom. The van der Waals surface area contributed by atoms with Crippen molar-refractivity contribution in [2.45, 2.75) is 13.8 Å². The van der Waals surface area contributed by atoms with Crippen molar-refractivity contribution in [1.29, 1.82) is 0 Å². The minimum Gasteiger partial charge on any atom is -0.462 e. The first-order valence-corrected chi connectivity index (χ1v) is 10.0. The minimum absolute atomic E-state index is 0.955. The van der Waals surface area contributed by atoms with E-state index in [0.29, 0.717) is 0 Å². The number of nitrogens with zero attached hydrogens (tertiary/aromatic N) is 2. The van der Waals surface area contributed by atoms with Gasteiger partial charge in [-0.1, -0.05) is 18.2 Å². The van der Waals surface area contributed by atoms with Crippen molar-refractivity contribution in [1.82, 2.24) is 4.40 Å². The van der Waals surface area contributed by atoms with Gasteiger partial charge in [0.25, 0.3) is 0 Å². The molecule has 0 amide bonds. The highest BCUT2D eigenvalue weighted by molar-refractivity contribution is 6.29. The molecule has 7 aromatic rings. The number of fused-ring (bicyclic) bond motifs is 7. The maximum atomic E-state index is 6.07. The van der Waals surface area contributed by atoms with Crippen LogP contribution in [0.15, 0.2) is 65.4 Å². The third-order valence-corrected chi connectivity index (χ3v) is 6.75. The van der Waals surface area contributed by atoms with E-state index in [-0.39, 0.29) is 0 Å². The van der Waals surface area contributed by atoms with Gasteiger partial charge in [0, 0.05) is 22.2 Å². The van der Waals surface area contributed by atoms with E-state index in [2.05, 4.69) is 84.6 Å². The molecule has 29 heavy (non-hydrogen) atoms. The number of furan rings is 1. The fourth-order valence-corrected chi connectivity index (χ4v) is 5.33. The Bertz CT molecular complexity index is 1780. The second-order valence-electron chi connectivity index (χ2n) is 8.25. The summed E-state index contributed by atoms with van der Waals surface area (Å²) in [6, 6.07) is 17.6. The number of aryl methyl sites for hydroxylation is 3. The number of hydrogen-bond acceptors (Lipinski definition) is 1. The van der Waals surface area contributed by atoms with Gasteiger partial charge in [-0.15, -0.1) is 0 Å². The summed E-state index contributed by atoms with van der Waals surface area (Å²) >= 11 is 0. The van der Waals surface area contributed by atoms with Crippen LogP contribution in [0, 0.1) is 13.8 Å². The van der Waals surface area contributed by atoms with Gasteiger partial charge in [-0.3, -0.25) is 0 Å². The van der Waals surface area contributed by atoms with E-state index in [1.165, 1.54) is 54.6 Å². The van der Waals surface area contributed by atoms with E-state index >= 15 is 0 Å². The normalized spacial score (nSPS) is 12.7. The molecule has 0 bridgehead atoms. The first kappa shape index (κ1) is 15.3. The van der Waals surface area contributed by atoms with E-state index in [4.69, 9.17) is 4.42 Å². The fraction of sp³-hybridized carbons (Fsp3) is 0.115. The second-order valence-corrected chi connectivity index (χ2v) is 8.25. The molecule has 0 N–H and O–H groups in total. The van der Waals surface area contributed by atoms with Crippen LogP contribution in [0.4, 0.5) is 0 Å². The van der Waals surface area contributed by atoms with Crippen molar-refractivity contribution in [3.8, 4) is 0 Å². The summed E-state index contributed by atoms with van der Waals surface area (Å²) < 4.78 is 10.8. The Morgan fingerprint density at radius 3 is 2.62 bits per heavy atom. The van der Waals surface area contributed by atoms with Crippen molar-refractivity contribution in [2.75, 3.05) is 0 Å². The Hall–Kier alpha value is -3.59. The van der Waals surface area contributed by atoms with Gasteiger partial charge in [0.15, 0.2) is 11.8 Å². The summed E-state index contributed by atoms with van der Waals surface area (Å²) in [6.45, 7) is 4.48. The molecule has 0 saturated heterocycles. The van der Waals surface area contributed by atoms with Crippen LogP contribution < -0.4 is 4.57 Å². The van der Waals surface area contributed by atoms with Gasteiger partial charge in [0.1, 0.15) is 12.6 Å². The van der Waals surface area contributed by atoms with Crippen molar-refractivity contribution < 1.29 is 8.98 Å². The van der Waals surface area contributed by atoms with Crippen LogP contribution in [-0.2, 0) is 7.05 Å². The molecule has 0 fully saturated rings. The standard InChI is InChI=1S/C26H19N2O/c1-14-12-19-18-6-4-5-7-20(18)28-23(19)21(15(14)2)24-22-16(8-10-27(24)3)13-17-9-11-29-26(17)25(22)28/h4-13H,1-3H3/q+1. The molecule has 7 rings (SSSR count). The van der Waals surface area contributed by atoms with E-state index in [1.54, 1.807) is 6.26 Å². The summed E-state index contributed by atoms with van der Waals surface area (Å²) in [6.07, 6.45) is 3.98.